The van der Waals surface area contributed by atoms with Gasteiger partial charge in [-0.15, -0.1) is 0 Å². The van der Waals surface area contributed by atoms with Gasteiger partial charge in [-0.05, 0) is 6.92 Å². The third kappa shape index (κ3) is 1.31. The topological polar surface area (TPSA) is 43.4 Å². The van der Waals surface area contributed by atoms with E-state index in [0.717, 1.165) is 0 Å². The molecule has 11 heavy (non-hydrogen) atoms. The molecule has 0 N–H and O–H groups in total. The van der Waals surface area contributed by atoms with Crippen LogP contribution in [0.1, 0.15) is 19.8 Å². The van der Waals surface area contributed by atoms with Crippen LogP contribution in [-0.4, -0.2) is 18.7 Å². The van der Waals surface area contributed by atoms with Crippen molar-refractivity contribution in [2.45, 2.75) is 19.8 Å². The van der Waals surface area contributed by atoms with Crippen molar-refractivity contribution in [1.82, 2.24) is 0 Å². The van der Waals surface area contributed by atoms with Crippen LogP contribution < -0.4 is 0 Å². The average molecular weight is 154 g/mol. The van der Waals surface area contributed by atoms with Gasteiger partial charge >= 0.3 is 0 Å². The standard InChI is InChI=1S/C8H10O3/c1-5(9)8-6(10)3-4-7(8)11-2/h3-4H2,1-2H3. The van der Waals surface area contributed by atoms with Crippen molar-refractivity contribution in [1.29, 1.82) is 0 Å². The van der Waals surface area contributed by atoms with E-state index in [4.69, 9.17) is 4.74 Å². The molecule has 0 saturated heterocycles. The fourth-order valence-corrected chi connectivity index (χ4v) is 1.23. The molecule has 0 aromatic carbocycles. The number of hydrogen-bond acceptors (Lipinski definition) is 3. The Labute approximate surface area is 65.0 Å². The van der Waals surface area contributed by atoms with Crippen LogP contribution in [0.25, 0.3) is 0 Å². The third-order valence-corrected chi connectivity index (χ3v) is 1.74. The van der Waals surface area contributed by atoms with Crippen LogP contribution in [0.2, 0.25) is 0 Å². The molecule has 0 aromatic heterocycles. The molecular formula is C8H10O3. The zero-order chi connectivity index (χ0) is 8.43. The highest BCUT2D eigenvalue weighted by Gasteiger charge is 2.26. The van der Waals surface area contributed by atoms with Crippen LogP contribution in [0, 0.1) is 0 Å². The Morgan fingerprint density at radius 1 is 1.45 bits per heavy atom. The number of methoxy groups -OCH3 is 1. The van der Waals surface area contributed by atoms with Crippen molar-refractivity contribution < 1.29 is 14.3 Å². The molecule has 0 amide bonds. The van der Waals surface area contributed by atoms with Crippen molar-refractivity contribution in [2.24, 2.45) is 0 Å². The minimum absolute atomic E-state index is 0.0886. The summed E-state index contributed by atoms with van der Waals surface area (Å²) in [5.74, 6) is 0.265. The first kappa shape index (κ1) is 7.98. The largest absolute Gasteiger partial charge is 0.500 e. The van der Waals surface area contributed by atoms with E-state index < -0.39 is 0 Å². The van der Waals surface area contributed by atoms with Crippen LogP contribution in [0.4, 0.5) is 0 Å². The van der Waals surface area contributed by atoms with E-state index in [9.17, 15) is 9.59 Å². The van der Waals surface area contributed by atoms with Gasteiger partial charge in [0.25, 0.3) is 0 Å². The Morgan fingerprint density at radius 2 is 2.09 bits per heavy atom. The number of carbonyl (C=O) groups excluding carboxylic acids is 2. The van der Waals surface area contributed by atoms with Crippen molar-refractivity contribution in [3.63, 3.8) is 0 Å². The molecule has 0 unspecified atom stereocenters. The fraction of sp³-hybridized carbons (Fsp3) is 0.500. The highest BCUT2D eigenvalue weighted by atomic mass is 16.5. The minimum atomic E-state index is -0.190. The van der Waals surface area contributed by atoms with Crippen molar-refractivity contribution >= 4 is 11.6 Å². The van der Waals surface area contributed by atoms with Crippen LogP contribution in [0.15, 0.2) is 11.3 Å². The third-order valence-electron chi connectivity index (χ3n) is 1.74. The summed E-state index contributed by atoms with van der Waals surface area (Å²) in [6.45, 7) is 1.39. The maximum atomic E-state index is 11.0. The Hall–Kier alpha value is -1.12. The molecule has 1 aliphatic carbocycles. The van der Waals surface area contributed by atoms with Gasteiger partial charge in [-0.25, -0.2) is 0 Å². The first-order chi connectivity index (χ1) is 5.16. The van der Waals surface area contributed by atoms with Gasteiger partial charge in [0.15, 0.2) is 11.6 Å². The smallest absolute Gasteiger partial charge is 0.170 e. The number of allylic oxidation sites excluding steroid dienone is 2. The maximum Gasteiger partial charge on any atom is 0.170 e. The molecule has 0 heterocycles. The van der Waals surface area contributed by atoms with Gasteiger partial charge in [0, 0.05) is 12.8 Å². The number of Topliss-reactive ketones (excluding diaryl/α,β-unsaturated/α-hetero) is 2. The fourth-order valence-electron chi connectivity index (χ4n) is 1.23. The molecule has 60 valence electrons. The average Bonchev–Trinajstić information content (AvgIpc) is 2.30. The molecular weight excluding hydrogens is 144 g/mol. The molecule has 0 atom stereocenters. The molecule has 0 radical (unpaired) electrons. The second-order valence-electron chi connectivity index (χ2n) is 2.48. The Balaban J connectivity index is 2.99. The highest BCUT2D eigenvalue weighted by Crippen LogP contribution is 2.23. The minimum Gasteiger partial charge on any atom is -0.500 e. The predicted molar refractivity (Wildman–Crippen MR) is 39.0 cm³/mol. The normalized spacial score (nSPS) is 17.5. The quantitative estimate of drug-likeness (QED) is 0.553. The Bertz CT molecular complexity index is 238. The summed E-state index contributed by atoms with van der Waals surface area (Å²) in [5.41, 5.74) is 0.257. The SMILES string of the molecule is COC1=C(C(C)=O)C(=O)CC1. The van der Waals surface area contributed by atoms with E-state index in [-0.39, 0.29) is 17.1 Å². The number of carbonyl (C=O) groups is 2. The maximum absolute atomic E-state index is 11.0. The second-order valence-corrected chi connectivity index (χ2v) is 2.48. The van der Waals surface area contributed by atoms with Crippen LogP contribution in [0.3, 0.4) is 0 Å². The number of hydrogen-bond donors (Lipinski definition) is 0. The van der Waals surface area contributed by atoms with E-state index in [1.54, 1.807) is 0 Å². The van der Waals surface area contributed by atoms with E-state index in [2.05, 4.69) is 0 Å². The lowest BCUT2D eigenvalue weighted by atomic mass is 10.1. The second kappa shape index (κ2) is 2.86. The number of ether oxygens (including phenoxy) is 1. The molecule has 1 rings (SSSR count). The molecule has 0 spiro atoms. The van der Waals surface area contributed by atoms with E-state index in [0.29, 0.717) is 18.6 Å². The van der Waals surface area contributed by atoms with E-state index in [1.807, 2.05) is 0 Å². The van der Waals surface area contributed by atoms with Gasteiger partial charge in [0.1, 0.15) is 5.76 Å². The molecule has 0 saturated carbocycles. The van der Waals surface area contributed by atoms with Gasteiger partial charge in [-0.2, -0.15) is 0 Å². The summed E-state index contributed by atoms with van der Waals surface area (Å²) in [7, 11) is 1.48. The zero-order valence-electron chi connectivity index (χ0n) is 6.64. The lowest BCUT2D eigenvalue weighted by molar-refractivity contribution is -0.119. The summed E-state index contributed by atoms with van der Waals surface area (Å²) in [4.78, 5) is 21.9. The highest BCUT2D eigenvalue weighted by molar-refractivity contribution is 6.21. The van der Waals surface area contributed by atoms with Crippen LogP contribution >= 0.6 is 0 Å². The molecule has 0 bridgehead atoms. The summed E-state index contributed by atoms with van der Waals surface area (Å²) < 4.78 is 4.89. The monoisotopic (exact) mass is 154 g/mol. The molecule has 1 aliphatic rings. The lowest BCUT2D eigenvalue weighted by Gasteiger charge is -1.99. The zero-order valence-corrected chi connectivity index (χ0v) is 6.64. The van der Waals surface area contributed by atoms with Crippen molar-refractivity contribution in [2.75, 3.05) is 7.11 Å². The van der Waals surface area contributed by atoms with Crippen molar-refractivity contribution in [3.05, 3.63) is 11.3 Å². The van der Waals surface area contributed by atoms with Gasteiger partial charge in [-0.3, -0.25) is 9.59 Å². The van der Waals surface area contributed by atoms with Crippen molar-refractivity contribution in [3.8, 4) is 0 Å². The summed E-state index contributed by atoms with van der Waals surface area (Å²) in [6, 6.07) is 0. The van der Waals surface area contributed by atoms with Gasteiger partial charge in [0.05, 0.1) is 12.7 Å². The first-order valence-corrected chi connectivity index (χ1v) is 3.48. The molecule has 3 nitrogen and oxygen atoms in total. The lowest BCUT2D eigenvalue weighted by Crippen LogP contribution is -2.06. The Kier molecular flexibility index (Phi) is 2.08. The number of ketones is 2. The van der Waals surface area contributed by atoms with Crippen LogP contribution in [0.5, 0.6) is 0 Å². The Morgan fingerprint density at radius 3 is 2.45 bits per heavy atom. The first-order valence-electron chi connectivity index (χ1n) is 3.48. The predicted octanol–water partition coefficient (Wildman–Crippen LogP) is 0.839. The molecule has 0 aliphatic heterocycles. The number of rotatable bonds is 2. The van der Waals surface area contributed by atoms with E-state index in [1.165, 1.54) is 14.0 Å². The van der Waals surface area contributed by atoms with Gasteiger partial charge < -0.3 is 4.74 Å². The van der Waals surface area contributed by atoms with Gasteiger partial charge in [-0.1, -0.05) is 0 Å². The molecule has 3 heteroatoms. The van der Waals surface area contributed by atoms with Crippen LogP contribution in [-0.2, 0) is 14.3 Å². The summed E-state index contributed by atoms with van der Waals surface area (Å²) >= 11 is 0. The molecule has 0 aromatic rings. The van der Waals surface area contributed by atoms with Gasteiger partial charge in [0.2, 0.25) is 0 Å². The van der Waals surface area contributed by atoms with E-state index >= 15 is 0 Å². The molecule has 0 fully saturated rings. The summed E-state index contributed by atoms with van der Waals surface area (Å²) in [5, 5.41) is 0. The summed E-state index contributed by atoms with van der Waals surface area (Å²) in [6.07, 6.45) is 0.988.